The number of benzene rings is 2. The third-order valence-electron chi connectivity index (χ3n) is 5.44. The summed E-state index contributed by atoms with van der Waals surface area (Å²) in [6.45, 7) is 0.0591. The number of hydrogen-bond donors (Lipinski definition) is 2. The molecule has 0 aromatic heterocycles. The third-order valence-corrected chi connectivity index (χ3v) is 5.44. The van der Waals surface area contributed by atoms with E-state index >= 15 is 0 Å². The van der Waals surface area contributed by atoms with Gasteiger partial charge in [-0.3, -0.25) is 9.59 Å². The van der Waals surface area contributed by atoms with Gasteiger partial charge in [0.15, 0.2) is 0 Å². The molecule has 4 rings (SSSR count). The smallest absolute Gasteiger partial charge is 0.407 e. The molecular weight excluding hydrogens is 346 g/mol. The summed E-state index contributed by atoms with van der Waals surface area (Å²) in [5, 5.41) is 11.8. The number of ketones is 1. The van der Waals surface area contributed by atoms with E-state index in [2.05, 4.69) is 17.4 Å². The predicted molar refractivity (Wildman–Crippen MR) is 97.4 cm³/mol. The average Bonchev–Trinajstić information content (AvgIpc) is 2.96. The number of rotatable bonds is 5. The number of carbonyl (C=O) groups excluding carboxylic acids is 2. The van der Waals surface area contributed by atoms with Crippen LogP contribution in [-0.2, 0) is 14.3 Å². The lowest BCUT2D eigenvalue weighted by Gasteiger charge is -2.35. The van der Waals surface area contributed by atoms with Gasteiger partial charge in [0.05, 0.1) is 5.41 Å². The second kappa shape index (κ2) is 6.54. The first-order chi connectivity index (χ1) is 13.0. The summed E-state index contributed by atoms with van der Waals surface area (Å²) in [5.41, 5.74) is 3.30. The molecule has 2 aromatic rings. The van der Waals surface area contributed by atoms with E-state index in [-0.39, 0.29) is 37.7 Å². The molecule has 1 fully saturated rings. The van der Waals surface area contributed by atoms with Crippen LogP contribution in [0.3, 0.4) is 0 Å². The van der Waals surface area contributed by atoms with Crippen LogP contribution in [0.1, 0.15) is 29.9 Å². The van der Waals surface area contributed by atoms with Crippen LogP contribution in [0.4, 0.5) is 4.79 Å². The Labute approximate surface area is 156 Å². The van der Waals surface area contributed by atoms with E-state index in [4.69, 9.17) is 4.74 Å². The van der Waals surface area contributed by atoms with Crippen molar-refractivity contribution in [3.63, 3.8) is 0 Å². The first-order valence-corrected chi connectivity index (χ1v) is 8.84. The van der Waals surface area contributed by atoms with E-state index in [1.165, 1.54) is 0 Å². The average molecular weight is 365 g/mol. The monoisotopic (exact) mass is 365 g/mol. The number of carboxylic acid groups (broad SMARTS) is 1. The van der Waals surface area contributed by atoms with E-state index in [1.54, 1.807) is 0 Å². The molecular formula is C21H19NO5. The zero-order chi connectivity index (χ0) is 19.0. The quantitative estimate of drug-likeness (QED) is 0.850. The van der Waals surface area contributed by atoms with Crippen LogP contribution in [0.2, 0.25) is 0 Å². The van der Waals surface area contributed by atoms with Gasteiger partial charge in [0.25, 0.3) is 0 Å². The SMILES string of the molecule is O=C1CC(CNC(=O)OCC2c3ccccc3-c3ccccc32)(C(=O)O)C1. The molecule has 1 saturated carbocycles. The number of ether oxygens (including phenoxy) is 1. The van der Waals surface area contributed by atoms with Crippen molar-refractivity contribution in [1.82, 2.24) is 5.32 Å². The molecule has 1 amide bonds. The van der Waals surface area contributed by atoms with E-state index in [9.17, 15) is 19.5 Å². The number of amides is 1. The lowest BCUT2D eigenvalue weighted by Crippen LogP contribution is -2.52. The number of aliphatic carboxylic acids is 1. The molecule has 0 radical (unpaired) electrons. The molecule has 6 heteroatoms. The lowest BCUT2D eigenvalue weighted by atomic mass is 9.68. The van der Waals surface area contributed by atoms with Gasteiger partial charge in [0.2, 0.25) is 0 Å². The van der Waals surface area contributed by atoms with Gasteiger partial charge in [-0.2, -0.15) is 0 Å². The highest BCUT2D eigenvalue weighted by Gasteiger charge is 2.50. The van der Waals surface area contributed by atoms with Gasteiger partial charge in [0, 0.05) is 25.3 Å². The Bertz CT molecular complexity index is 882. The molecule has 2 aliphatic carbocycles. The second-order valence-electron chi connectivity index (χ2n) is 7.16. The Morgan fingerprint density at radius 3 is 2.11 bits per heavy atom. The molecule has 0 atom stereocenters. The lowest BCUT2D eigenvalue weighted by molar-refractivity contribution is -0.160. The van der Waals surface area contributed by atoms with Crippen molar-refractivity contribution >= 4 is 17.8 Å². The molecule has 138 valence electrons. The Balaban J connectivity index is 1.41. The van der Waals surface area contributed by atoms with Crippen LogP contribution in [0.5, 0.6) is 0 Å². The Hall–Kier alpha value is -3.15. The Morgan fingerprint density at radius 2 is 1.59 bits per heavy atom. The molecule has 0 aliphatic heterocycles. The largest absolute Gasteiger partial charge is 0.481 e. The molecule has 0 saturated heterocycles. The number of fused-ring (bicyclic) bond motifs is 3. The fourth-order valence-electron chi connectivity index (χ4n) is 3.95. The summed E-state index contributed by atoms with van der Waals surface area (Å²) in [7, 11) is 0. The van der Waals surface area contributed by atoms with Gasteiger partial charge in [-0.05, 0) is 22.3 Å². The van der Waals surface area contributed by atoms with Crippen molar-refractivity contribution in [2.24, 2.45) is 5.41 Å². The van der Waals surface area contributed by atoms with Crippen molar-refractivity contribution in [2.45, 2.75) is 18.8 Å². The van der Waals surface area contributed by atoms with Gasteiger partial charge in [-0.15, -0.1) is 0 Å². The van der Waals surface area contributed by atoms with Crippen LogP contribution in [-0.4, -0.2) is 36.1 Å². The molecule has 0 heterocycles. The zero-order valence-corrected chi connectivity index (χ0v) is 14.6. The molecule has 6 nitrogen and oxygen atoms in total. The minimum Gasteiger partial charge on any atom is -0.481 e. The second-order valence-corrected chi connectivity index (χ2v) is 7.16. The minimum atomic E-state index is -1.19. The topological polar surface area (TPSA) is 92.7 Å². The maximum absolute atomic E-state index is 12.1. The standard InChI is InChI=1S/C21H19NO5/c23-13-9-21(10-13,19(24)25)12-22-20(26)27-11-18-16-7-3-1-5-14(16)15-6-2-4-8-17(15)18/h1-8,18H,9-12H2,(H,22,26)(H,24,25). The van der Waals surface area contributed by atoms with Gasteiger partial charge < -0.3 is 15.2 Å². The normalized spacial score (nSPS) is 16.8. The first kappa shape index (κ1) is 17.3. The van der Waals surface area contributed by atoms with Crippen LogP contribution >= 0.6 is 0 Å². The van der Waals surface area contributed by atoms with Crippen LogP contribution in [0.15, 0.2) is 48.5 Å². The number of Topliss-reactive ketones (excluding diaryl/α,β-unsaturated/α-hetero) is 1. The molecule has 0 bridgehead atoms. The van der Waals surface area contributed by atoms with Gasteiger partial charge >= 0.3 is 12.1 Å². The highest BCUT2D eigenvalue weighted by Crippen LogP contribution is 2.44. The maximum Gasteiger partial charge on any atom is 0.407 e. The summed E-state index contributed by atoms with van der Waals surface area (Å²) in [6, 6.07) is 16.1. The van der Waals surface area contributed by atoms with Crippen molar-refractivity contribution in [1.29, 1.82) is 0 Å². The summed E-state index contributed by atoms with van der Waals surface area (Å²) in [5.74, 6) is -1.23. The van der Waals surface area contributed by atoms with Crippen molar-refractivity contribution in [3.05, 3.63) is 59.7 Å². The van der Waals surface area contributed by atoms with Gasteiger partial charge in [-0.25, -0.2) is 4.79 Å². The fraction of sp³-hybridized carbons (Fsp3) is 0.286. The van der Waals surface area contributed by atoms with Crippen molar-refractivity contribution < 1.29 is 24.2 Å². The molecule has 2 N–H and O–H groups in total. The number of carboxylic acids is 1. The number of carbonyl (C=O) groups is 3. The highest BCUT2D eigenvalue weighted by atomic mass is 16.5. The van der Waals surface area contributed by atoms with Crippen LogP contribution < -0.4 is 5.32 Å². The summed E-state index contributed by atoms with van der Waals surface area (Å²) in [4.78, 5) is 34.7. The van der Waals surface area contributed by atoms with E-state index in [0.717, 1.165) is 22.3 Å². The summed E-state index contributed by atoms with van der Waals surface area (Å²) >= 11 is 0. The van der Waals surface area contributed by atoms with E-state index in [1.807, 2.05) is 36.4 Å². The predicted octanol–water partition coefficient (Wildman–Crippen LogP) is 2.96. The molecule has 2 aromatic carbocycles. The number of nitrogens with one attached hydrogen (secondary N) is 1. The minimum absolute atomic E-state index is 0.0496. The van der Waals surface area contributed by atoms with Crippen molar-refractivity contribution in [2.75, 3.05) is 13.2 Å². The van der Waals surface area contributed by atoms with Crippen LogP contribution in [0, 0.1) is 5.41 Å². The molecule has 0 spiro atoms. The Morgan fingerprint density at radius 1 is 1.04 bits per heavy atom. The maximum atomic E-state index is 12.1. The van der Waals surface area contributed by atoms with E-state index in [0.29, 0.717) is 0 Å². The summed E-state index contributed by atoms with van der Waals surface area (Å²) < 4.78 is 5.38. The summed E-state index contributed by atoms with van der Waals surface area (Å²) in [6.07, 6.45) is -0.769. The third kappa shape index (κ3) is 2.97. The molecule has 2 aliphatic rings. The molecule has 27 heavy (non-hydrogen) atoms. The molecule has 0 unspecified atom stereocenters. The number of hydrogen-bond acceptors (Lipinski definition) is 4. The van der Waals surface area contributed by atoms with E-state index < -0.39 is 17.5 Å². The first-order valence-electron chi connectivity index (χ1n) is 8.84. The van der Waals surface area contributed by atoms with Crippen LogP contribution in [0.25, 0.3) is 11.1 Å². The zero-order valence-electron chi connectivity index (χ0n) is 14.6. The van der Waals surface area contributed by atoms with Crippen molar-refractivity contribution in [3.8, 4) is 11.1 Å². The van der Waals surface area contributed by atoms with Gasteiger partial charge in [0.1, 0.15) is 12.4 Å². The Kier molecular flexibility index (Phi) is 4.18. The number of alkyl carbamates (subject to hydrolysis) is 1. The highest BCUT2D eigenvalue weighted by molar-refractivity contribution is 5.97. The van der Waals surface area contributed by atoms with Gasteiger partial charge in [-0.1, -0.05) is 48.5 Å². The fourth-order valence-corrected chi connectivity index (χ4v) is 3.95.